The molecule has 4 heteroatoms. The molecule has 1 aromatic carbocycles. The number of rotatable bonds is 1. The smallest absolute Gasteiger partial charge is 0.264 e. The van der Waals surface area contributed by atoms with Gasteiger partial charge in [0.2, 0.25) is 0 Å². The number of nitrogens with one attached hydrogen (secondary N) is 1. The van der Waals surface area contributed by atoms with Crippen LogP contribution in [0.5, 0.6) is 0 Å². The Balaban J connectivity index is 2.11. The molecule has 18 heavy (non-hydrogen) atoms. The fraction of sp³-hybridized carbons (Fsp3) is 0.286. The summed E-state index contributed by atoms with van der Waals surface area (Å²) in [5.74, 6) is 1.05. The number of hydrogen-bond acceptors (Lipinski definition) is 2. The molecule has 1 atom stereocenters. The van der Waals surface area contributed by atoms with Crippen LogP contribution in [0.1, 0.15) is 35.0 Å². The summed E-state index contributed by atoms with van der Waals surface area (Å²) < 4.78 is 0.683. The van der Waals surface area contributed by atoms with E-state index < -0.39 is 0 Å². The molecule has 0 saturated carbocycles. The summed E-state index contributed by atoms with van der Waals surface area (Å²) in [6, 6.07) is 8.42. The van der Waals surface area contributed by atoms with Gasteiger partial charge >= 0.3 is 0 Å². The van der Waals surface area contributed by atoms with Crippen LogP contribution in [0.15, 0.2) is 29.1 Å². The van der Waals surface area contributed by atoms with Gasteiger partial charge in [-0.1, -0.05) is 24.3 Å². The van der Waals surface area contributed by atoms with Crippen molar-refractivity contribution in [2.24, 2.45) is 0 Å². The largest absolute Gasteiger partial charge is 0.309 e. The second-order valence-corrected chi connectivity index (χ2v) is 5.72. The van der Waals surface area contributed by atoms with Crippen molar-refractivity contribution in [3.8, 4) is 0 Å². The Morgan fingerprint density at radius 1 is 1.39 bits per heavy atom. The molecule has 0 spiro atoms. The highest BCUT2D eigenvalue weighted by Crippen LogP contribution is 2.36. The fourth-order valence-electron chi connectivity index (χ4n) is 2.60. The van der Waals surface area contributed by atoms with E-state index >= 15 is 0 Å². The highest BCUT2D eigenvalue weighted by molar-refractivity contribution is 14.1. The number of nitrogens with zero attached hydrogens (tertiary/aromatic N) is 1. The lowest BCUT2D eigenvalue weighted by atomic mass is 10.0. The quantitative estimate of drug-likeness (QED) is 0.803. The molecule has 0 radical (unpaired) electrons. The Morgan fingerprint density at radius 2 is 2.17 bits per heavy atom. The second-order valence-electron chi connectivity index (χ2n) is 4.64. The van der Waals surface area contributed by atoms with Crippen molar-refractivity contribution in [3.63, 3.8) is 0 Å². The lowest BCUT2D eigenvalue weighted by Gasteiger charge is -2.11. The van der Waals surface area contributed by atoms with E-state index in [9.17, 15) is 4.79 Å². The molecule has 3 rings (SSSR count). The zero-order valence-electron chi connectivity index (χ0n) is 10.0. The first-order chi connectivity index (χ1) is 8.66. The second kappa shape index (κ2) is 4.50. The van der Waals surface area contributed by atoms with Gasteiger partial charge in [0, 0.05) is 5.92 Å². The molecular weight excluding hydrogens is 339 g/mol. The van der Waals surface area contributed by atoms with Crippen LogP contribution < -0.4 is 5.56 Å². The van der Waals surface area contributed by atoms with E-state index in [1.165, 1.54) is 11.1 Å². The maximum Gasteiger partial charge on any atom is 0.264 e. The molecule has 1 aliphatic rings. The van der Waals surface area contributed by atoms with E-state index in [1.807, 2.05) is 29.5 Å². The van der Waals surface area contributed by atoms with Crippen molar-refractivity contribution < 1.29 is 0 Å². The molecule has 92 valence electrons. The van der Waals surface area contributed by atoms with E-state index in [-0.39, 0.29) is 11.5 Å². The molecule has 0 aliphatic heterocycles. The van der Waals surface area contributed by atoms with Gasteiger partial charge in [-0.25, -0.2) is 4.98 Å². The Morgan fingerprint density at radius 3 is 2.94 bits per heavy atom. The topological polar surface area (TPSA) is 45.8 Å². The standard InChI is InChI=1S/C14H13IN2O/c1-8-12(15)14(18)17-13(16-8)11-7-6-9-4-2-3-5-10(9)11/h2-5,11H,6-7H2,1H3,(H,16,17,18). The maximum atomic E-state index is 11.8. The van der Waals surface area contributed by atoms with Crippen molar-refractivity contribution in [1.29, 1.82) is 0 Å². The Kier molecular flexibility index (Phi) is 2.97. The van der Waals surface area contributed by atoms with Gasteiger partial charge in [-0.3, -0.25) is 4.79 Å². The van der Waals surface area contributed by atoms with Crippen LogP contribution in [0.25, 0.3) is 0 Å². The van der Waals surface area contributed by atoms with E-state index in [0.717, 1.165) is 24.4 Å². The average Bonchev–Trinajstić information content (AvgIpc) is 2.79. The Hall–Kier alpha value is -1.17. The van der Waals surface area contributed by atoms with Crippen molar-refractivity contribution in [3.05, 3.63) is 60.8 Å². The SMILES string of the molecule is Cc1nc(C2CCc3ccccc32)[nH]c(=O)c1I. The van der Waals surface area contributed by atoms with Crippen molar-refractivity contribution in [1.82, 2.24) is 9.97 Å². The molecule has 0 saturated heterocycles. The van der Waals surface area contributed by atoms with E-state index in [0.29, 0.717) is 3.57 Å². The maximum absolute atomic E-state index is 11.8. The molecule has 1 heterocycles. The van der Waals surface area contributed by atoms with Gasteiger partial charge in [0.15, 0.2) is 0 Å². The van der Waals surface area contributed by atoms with Gasteiger partial charge in [-0.05, 0) is 53.5 Å². The predicted molar refractivity (Wildman–Crippen MR) is 78.9 cm³/mol. The molecule has 2 aromatic rings. The summed E-state index contributed by atoms with van der Waals surface area (Å²) in [5, 5.41) is 0. The van der Waals surface area contributed by atoms with Gasteiger partial charge < -0.3 is 4.98 Å². The molecule has 1 aromatic heterocycles. The summed E-state index contributed by atoms with van der Waals surface area (Å²) in [6.45, 7) is 1.89. The average molecular weight is 352 g/mol. The van der Waals surface area contributed by atoms with Crippen molar-refractivity contribution in [2.45, 2.75) is 25.7 Å². The van der Waals surface area contributed by atoms with E-state index in [2.05, 4.69) is 34.2 Å². The lowest BCUT2D eigenvalue weighted by molar-refractivity contribution is 0.716. The molecular formula is C14H13IN2O. The Labute approximate surface area is 119 Å². The Bertz CT molecular complexity index is 663. The number of fused-ring (bicyclic) bond motifs is 1. The number of hydrogen-bond donors (Lipinski definition) is 1. The third kappa shape index (κ3) is 1.88. The van der Waals surface area contributed by atoms with Crippen LogP contribution in [0.3, 0.4) is 0 Å². The molecule has 1 aliphatic carbocycles. The minimum atomic E-state index is -0.0255. The predicted octanol–water partition coefficient (Wildman–Crippen LogP) is 2.76. The summed E-state index contributed by atoms with van der Waals surface area (Å²) in [6.07, 6.45) is 2.10. The number of halogens is 1. The van der Waals surface area contributed by atoms with Gasteiger partial charge in [0.25, 0.3) is 5.56 Å². The minimum Gasteiger partial charge on any atom is -0.309 e. The van der Waals surface area contributed by atoms with Crippen molar-refractivity contribution >= 4 is 22.6 Å². The highest BCUT2D eigenvalue weighted by atomic mass is 127. The van der Waals surface area contributed by atoms with Crippen LogP contribution in [0.4, 0.5) is 0 Å². The first kappa shape index (κ1) is 11.9. The molecule has 1 N–H and O–H groups in total. The number of H-pyrrole nitrogens is 1. The van der Waals surface area contributed by atoms with Gasteiger partial charge in [0.1, 0.15) is 5.82 Å². The van der Waals surface area contributed by atoms with Crippen LogP contribution in [-0.4, -0.2) is 9.97 Å². The lowest BCUT2D eigenvalue weighted by Crippen LogP contribution is -2.18. The van der Waals surface area contributed by atoms with E-state index in [1.54, 1.807) is 0 Å². The molecule has 3 nitrogen and oxygen atoms in total. The van der Waals surface area contributed by atoms with Crippen LogP contribution >= 0.6 is 22.6 Å². The molecule has 0 bridgehead atoms. The fourth-order valence-corrected chi connectivity index (χ4v) is 2.85. The third-order valence-electron chi connectivity index (χ3n) is 3.51. The van der Waals surface area contributed by atoms with Crippen LogP contribution in [-0.2, 0) is 6.42 Å². The minimum absolute atomic E-state index is 0.0255. The van der Waals surface area contributed by atoms with Gasteiger partial charge in [-0.15, -0.1) is 0 Å². The molecule has 1 unspecified atom stereocenters. The zero-order valence-corrected chi connectivity index (χ0v) is 12.2. The van der Waals surface area contributed by atoms with Crippen LogP contribution in [0, 0.1) is 10.5 Å². The highest BCUT2D eigenvalue weighted by Gasteiger charge is 2.25. The van der Waals surface area contributed by atoms with Gasteiger partial charge in [0.05, 0.1) is 9.26 Å². The number of benzene rings is 1. The number of aryl methyl sites for hydroxylation is 2. The first-order valence-corrected chi connectivity index (χ1v) is 7.09. The zero-order chi connectivity index (χ0) is 12.7. The number of aromatic nitrogens is 2. The molecule has 0 fully saturated rings. The summed E-state index contributed by atoms with van der Waals surface area (Å²) >= 11 is 2.04. The van der Waals surface area contributed by atoms with Crippen molar-refractivity contribution in [2.75, 3.05) is 0 Å². The summed E-state index contributed by atoms with van der Waals surface area (Å²) in [4.78, 5) is 19.3. The van der Waals surface area contributed by atoms with Gasteiger partial charge in [-0.2, -0.15) is 0 Å². The number of aromatic amines is 1. The van der Waals surface area contributed by atoms with Crippen LogP contribution in [0.2, 0.25) is 0 Å². The monoisotopic (exact) mass is 352 g/mol. The van der Waals surface area contributed by atoms with E-state index in [4.69, 9.17) is 0 Å². The summed E-state index contributed by atoms with van der Waals surface area (Å²) in [7, 11) is 0. The first-order valence-electron chi connectivity index (χ1n) is 6.01. The summed E-state index contributed by atoms with van der Waals surface area (Å²) in [5.41, 5.74) is 3.48. The normalized spacial score (nSPS) is 17.8. The third-order valence-corrected chi connectivity index (χ3v) is 4.78. The molecule has 0 amide bonds.